The van der Waals surface area contributed by atoms with Crippen molar-refractivity contribution in [3.63, 3.8) is 0 Å². The molecule has 5 heteroatoms. The van der Waals surface area contributed by atoms with Crippen LogP contribution in [-0.4, -0.2) is 18.4 Å². The summed E-state index contributed by atoms with van der Waals surface area (Å²) in [5.41, 5.74) is 4.06. The third-order valence-corrected chi connectivity index (χ3v) is 4.95. The van der Waals surface area contributed by atoms with Crippen LogP contribution in [0.3, 0.4) is 0 Å². The first-order valence-corrected chi connectivity index (χ1v) is 8.72. The van der Waals surface area contributed by atoms with Gasteiger partial charge in [0.25, 0.3) is 0 Å². The van der Waals surface area contributed by atoms with E-state index in [1.54, 1.807) is 11.0 Å². The van der Waals surface area contributed by atoms with Gasteiger partial charge in [0.05, 0.1) is 5.92 Å². The lowest BCUT2D eigenvalue weighted by molar-refractivity contribution is -0.126. The van der Waals surface area contributed by atoms with Crippen LogP contribution in [0.25, 0.3) is 0 Å². The van der Waals surface area contributed by atoms with E-state index in [2.05, 4.69) is 5.32 Å². The second kappa shape index (κ2) is 7.28. The van der Waals surface area contributed by atoms with Gasteiger partial charge in [0.1, 0.15) is 0 Å². The summed E-state index contributed by atoms with van der Waals surface area (Å²) < 4.78 is 0. The standard InChI is InChI=1S/C20H21ClN2O2/c1-13-5-3-8-18(14(13)2)23-12-16(10-19(23)24)20(25)22-11-15-6-4-7-17(21)9-15/h3-9,16H,10-12H2,1-2H3,(H,22,25). The molecule has 3 rings (SSSR count). The lowest BCUT2D eigenvalue weighted by atomic mass is 10.1. The summed E-state index contributed by atoms with van der Waals surface area (Å²) in [5, 5.41) is 3.55. The molecule has 25 heavy (non-hydrogen) atoms. The fourth-order valence-electron chi connectivity index (χ4n) is 3.12. The summed E-state index contributed by atoms with van der Waals surface area (Å²) in [5.74, 6) is -0.427. The number of carbonyl (C=O) groups is 2. The molecule has 1 atom stereocenters. The molecule has 0 saturated carbocycles. The van der Waals surface area contributed by atoms with Crippen LogP contribution in [0.1, 0.15) is 23.1 Å². The second-order valence-corrected chi connectivity index (χ2v) is 6.91. The number of rotatable bonds is 4. The number of hydrogen-bond acceptors (Lipinski definition) is 2. The smallest absolute Gasteiger partial charge is 0.227 e. The summed E-state index contributed by atoms with van der Waals surface area (Å²) in [4.78, 5) is 26.6. The van der Waals surface area contributed by atoms with Crippen molar-refractivity contribution in [1.29, 1.82) is 0 Å². The van der Waals surface area contributed by atoms with Crippen molar-refractivity contribution in [3.05, 3.63) is 64.2 Å². The summed E-state index contributed by atoms with van der Waals surface area (Å²) in [7, 11) is 0. The number of carbonyl (C=O) groups excluding carboxylic acids is 2. The minimum Gasteiger partial charge on any atom is -0.352 e. The molecule has 1 aliphatic rings. The fourth-order valence-corrected chi connectivity index (χ4v) is 3.34. The van der Waals surface area contributed by atoms with Gasteiger partial charge in [0.2, 0.25) is 11.8 Å². The summed E-state index contributed by atoms with van der Waals surface area (Å²) >= 11 is 5.96. The first kappa shape index (κ1) is 17.5. The van der Waals surface area contributed by atoms with Crippen molar-refractivity contribution < 1.29 is 9.59 Å². The number of benzene rings is 2. The Morgan fingerprint density at radius 2 is 2.00 bits per heavy atom. The van der Waals surface area contributed by atoms with Crippen LogP contribution in [0.5, 0.6) is 0 Å². The van der Waals surface area contributed by atoms with E-state index in [0.29, 0.717) is 18.1 Å². The highest BCUT2D eigenvalue weighted by Crippen LogP contribution is 2.29. The lowest BCUT2D eigenvalue weighted by Crippen LogP contribution is -2.32. The minimum absolute atomic E-state index is 0.00314. The van der Waals surface area contributed by atoms with Crippen molar-refractivity contribution in [1.82, 2.24) is 5.32 Å². The zero-order valence-corrected chi connectivity index (χ0v) is 15.1. The molecule has 0 aromatic heterocycles. The second-order valence-electron chi connectivity index (χ2n) is 6.47. The van der Waals surface area contributed by atoms with Crippen LogP contribution in [0.2, 0.25) is 5.02 Å². The SMILES string of the molecule is Cc1cccc(N2CC(C(=O)NCc3cccc(Cl)c3)CC2=O)c1C. The maximum Gasteiger partial charge on any atom is 0.227 e. The average Bonchev–Trinajstić information content (AvgIpc) is 2.97. The molecule has 1 heterocycles. The molecule has 0 bridgehead atoms. The van der Waals surface area contributed by atoms with E-state index in [9.17, 15) is 9.59 Å². The predicted octanol–water partition coefficient (Wildman–Crippen LogP) is 3.63. The summed E-state index contributed by atoms with van der Waals surface area (Å²) in [6.45, 7) is 4.86. The molecular weight excluding hydrogens is 336 g/mol. The van der Waals surface area contributed by atoms with Gasteiger partial charge in [-0.25, -0.2) is 0 Å². The van der Waals surface area contributed by atoms with Gasteiger partial charge in [-0.2, -0.15) is 0 Å². The molecular formula is C20H21ClN2O2. The summed E-state index contributed by atoms with van der Waals surface area (Å²) in [6.07, 6.45) is 0.245. The topological polar surface area (TPSA) is 49.4 Å². The Bertz CT molecular complexity index is 819. The first-order chi connectivity index (χ1) is 12.0. The van der Waals surface area contributed by atoms with Gasteiger partial charge < -0.3 is 10.2 Å². The van der Waals surface area contributed by atoms with Gasteiger partial charge in [-0.3, -0.25) is 9.59 Å². The van der Waals surface area contributed by atoms with E-state index < -0.39 is 0 Å². The van der Waals surface area contributed by atoms with Crippen LogP contribution < -0.4 is 10.2 Å². The lowest BCUT2D eigenvalue weighted by Gasteiger charge is -2.20. The fraction of sp³-hybridized carbons (Fsp3) is 0.300. The van der Waals surface area contributed by atoms with Crippen molar-refractivity contribution in [3.8, 4) is 0 Å². The van der Waals surface area contributed by atoms with E-state index in [1.807, 2.05) is 50.2 Å². The molecule has 0 spiro atoms. The minimum atomic E-state index is -0.327. The molecule has 2 aromatic rings. The molecule has 2 amide bonds. The van der Waals surface area contributed by atoms with Crippen LogP contribution in [0, 0.1) is 19.8 Å². The molecule has 1 saturated heterocycles. The highest BCUT2D eigenvalue weighted by molar-refractivity contribution is 6.30. The van der Waals surface area contributed by atoms with Gasteiger partial charge in [-0.15, -0.1) is 0 Å². The maximum atomic E-state index is 12.5. The zero-order chi connectivity index (χ0) is 18.0. The Kier molecular flexibility index (Phi) is 5.09. The van der Waals surface area contributed by atoms with Crippen LogP contribution >= 0.6 is 11.6 Å². The first-order valence-electron chi connectivity index (χ1n) is 8.34. The Morgan fingerprint density at radius 1 is 1.24 bits per heavy atom. The number of anilines is 1. The maximum absolute atomic E-state index is 12.5. The number of nitrogens with zero attached hydrogens (tertiary/aromatic N) is 1. The van der Waals surface area contributed by atoms with E-state index in [4.69, 9.17) is 11.6 Å². The molecule has 1 unspecified atom stereocenters. The normalized spacial score (nSPS) is 17.0. The highest BCUT2D eigenvalue weighted by Gasteiger charge is 2.35. The van der Waals surface area contributed by atoms with Crippen molar-refractivity contribution >= 4 is 29.1 Å². The molecule has 2 aromatic carbocycles. The number of hydrogen-bond donors (Lipinski definition) is 1. The largest absolute Gasteiger partial charge is 0.352 e. The monoisotopic (exact) mass is 356 g/mol. The molecule has 130 valence electrons. The van der Waals surface area contributed by atoms with Crippen molar-refractivity contribution in [2.24, 2.45) is 5.92 Å². The van der Waals surface area contributed by atoms with Crippen LogP contribution in [-0.2, 0) is 16.1 Å². The van der Waals surface area contributed by atoms with Crippen LogP contribution in [0.4, 0.5) is 5.69 Å². The van der Waals surface area contributed by atoms with Gasteiger partial charge in [0, 0.05) is 30.2 Å². The van der Waals surface area contributed by atoms with Gasteiger partial charge in [0.15, 0.2) is 0 Å². The zero-order valence-electron chi connectivity index (χ0n) is 14.4. The Morgan fingerprint density at radius 3 is 2.76 bits per heavy atom. The van der Waals surface area contributed by atoms with Gasteiger partial charge in [-0.1, -0.05) is 35.9 Å². The van der Waals surface area contributed by atoms with Crippen LogP contribution in [0.15, 0.2) is 42.5 Å². The molecule has 0 aliphatic carbocycles. The number of nitrogens with one attached hydrogen (secondary N) is 1. The summed E-state index contributed by atoms with van der Waals surface area (Å²) in [6, 6.07) is 13.3. The average molecular weight is 357 g/mol. The number of aryl methyl sites for hydroxylation is 1. The van der Waals surface area contributed by atoms with Crippen molar-refractivity contribution in [2.75, 3.05) is 11.4 Å². The molecule has 1 aliphatic heterocycles. The van der Waals surface area contributed by atoms with Gasteiger partial charge >= 0.3 is 0 Å². The molecule has 1 fully saturated rings. The third kappa shape index (κ3) is 3.85. The number of amides is 2. The third-order valence-electron chi connectivity index (χ3n) is 4.72. The molecule has 0 radical (unpaired) electrons. The molecule has 1 N–H and O–H groups in total. The Hall–Kier alpha value is -2.33. The number of halogens is 1. The predicted molar refractivity (Wildman–Crippen MR) is 99.7 cm³/mol. The Balaban J connectivity index is 1.65. The quantitative estimate of drug-likeness (QED) is 0.909. The molecule has 4 nitrogen and oxygen atoms in total. The Labute approximate surface area is 152 Å². The van der Waals surface area contributed by atoms with Crippen molar-refractivity contribution in [2.45, 2.75) is 26.8 Å². The highest BCUT2D eigenvalue weighted by atomic mass is 35.5. The van der Waals surface area contributed by atoms with E-state index in [-0.39, 0.29) is 24.2 Å². The van der Waals surface area contributed by atoms with E-state index in [0.717, 1.165) is 22.4 Å². The van der Waals surface area contributed by atoms with E-state index in [1.165, 1.54) is 0 Å². The van der Waals surface area contributed by atoms with E-state index >= 15 is 0 Å². The van der Waals surface area contributed by atoms with Gasteiger partial charge in [-0.05, 0) is 48.7 Å².